The van der Waals surface area contributed by atoms with Gasteiger partial charge >= 0.3 is 11.9 Å². The van der Waals surface area contributed by atoms with E-state index in [2.05, 4.69) is 30.2 Å². The molecule has 3 saturated carbocycles. The zero-order valence-electron chi connectivity index (χ0n) is 21.8. The van der Waals surface area contributed by atoms with Crippen molar-refractivity contribution in [3.63, 3.8) is 0 Å². The van der Waals surface area contributed by atoms with Gasteiger partial charge in [-0.25, -0.2) is 4.79 Å². The third-order valence-corrected chi connectivity index (χ3v) is 10.4. The van der Waals surface area contributed by atoms with Gasteiger partial charge in [-0.15, -0.1) is 0 Å². The van der Waals surface area contributed by atoms with E-state index in [1.807, 2.05) is 6.92 Å². The molecule has 8 heteroatoms. The Balaban J connectivity index is 1.51. The van der Waals surface area contributed by atoms with Gasteiger partial charge < -0.3 is 19.1 Å². The number of allylic oxidation sites excluding steroid dienone is 1. The molecule has 0 spiro atoms. The van der Waals surface area contributed by atoms with Gasteiger partial charge in [0.1, 0.15) is 18.9 Å². The predicted octanol–water partition coefficient (Wildman–Crippen LogP) is 4.43. The van der Waals surface area contributed by atoms with Crippen LogP contribution in [0.3, 0.4) is 0 Å². The minimum atomic E-state index is -0.806. The Hall–Kier alpha value is -2.38. The van der Waals surface area contributed by atoms with Crippen LogP contribution in [0.25, 0.3) is 0 Å². The van der Waals surface area contributed by atoms with Gasteiger partial charge in [0.2, 0.25) is 0 Å². The number of ether oxygens (including phenoxy) is 2. The number of oxime groups is 2. The summed E-state index contributed by atoms with van der Waals surface area (Å²) in [6.45, 7) is 8.15. The van der Waals surface area contributed by atoms with Gasteiger partial charge in [-0.2, -0.15) is 0 Å². The van der Waals surface area contributed by atoms with Gasteiger partial charge in [0, 0.05) is 18.8 Å². The standard InChI is InChI=1S/C27H38N2O6/c1-15(28-33-6)27-22(23(29-35-27)24(31)32-5)14-21-19-8-7-17-13-18(34-16(2)30)9-11-25(17,3)20(19)10-12-26(21,27)4/h7,18-22H,8-14H2,1-6H3/b28-15-/t18-,19+,20-,21-,22-,25-,26-,27-/m0/s1. The summed E-state index contributed by atoms with van der Waals surface area (Å²) < 4.78 is 10.7. The number of methoxy groups -OCH3 is 1. The number of carbonyl (C=O) groups is 2. The van der Waals surface area contributed by atoms with Gasteiger partial charge in [-0.1, -0.05) is 35.8 Å². The zero-order valence-corrected chi connectivity index (χ0v) is 21.8. The number of carbonyl (C=O) groups excluding carboxylic acids is 2. The fraction of sp³-hybridized carbons (Fsp3) is 0.778. The van der Waals surface area contributed by atoms with Crippen molar-refractivity contribution in [3.8, 4) is 0 Å². The number of hydrogen-bond donors (Lipinski definition) is 0. The second-order valence-corrected chi connectivity index (χ2v) is 11.6. The van der Waals surface area contributed by atoms with Crippen molar-refractivity contribution in [1.29, 1.82) is 0 Å². The molecule has 0 radical (unpaired) electrons. The predicted molar refractivity (Wildman–Crippen MR) is 130 cm³/mol. The Morgan fingerprint density at radius 1 is 1.14 bits per heavy atom. The van der Waals surface area contributed by atoms with Crippen molar-refractivity contribution in [2.24, 2.45) is 44.8 Å². The Kier molecular flexibility index (Phi) is 5.80. The SMILES string of the molecule is CO/N=C(/C)[C@]12ON=C(C(=O)OC)[C@@H]1C[C@H]1[C@@H]3CC=C4C[C@@H](OC(C)=O)CC[C@]4(C)[C@H]3CC[C@@]12C. The molecule has 0 aromatic heterocycles. The van der Waals surface area contributed by atoms with E-state index < -0.39 is 11.6 Å². The Bertz CT molecular complexity index is 1020. The summed E-state index contributed by atoms with van der Waals surface area (Å²) >= 11 is 0. The summed E-state index contributed by atoms with van der Waals surface area (Å²) in [5.74, 6) is 0.550. The number of hydrogen-bond acceptors (Lipinski definition) is 8. The Labute approximate surface area is 207 Å². The first-order chi connectivity index (χ1) is 16.6. The van der Waals surface area contributed by atoms with Crippen LogP contribution in [-0.4, -0.2) is 49.3 Å². The number of fused-ring (bicyclic) bond motifs is 7. The van der Waals surface area contributed by atoms with Crippen LogP contribution in [0.4, 0.5) is 0 Å². The van der Waals surface area contributed by atoms with Gasteiger partial charge in [-0.3, -0.25) is 4.79 Å². The highest BCUT2D eigenvalue weighted by atomic mass is 16.7. The highest BCUT2D eigenvalue weighted by Crippen LogP contribution is 2.70. The van der Waals surface area contributed by atoms with Crippen molar-refractivity contribution in [1.82, 2.24) is 0 Å². The fourth-order valence-corrected chi connectivity index (χ4v) is 8.87. The minimum absolute atomic E-state index is 0.00790. The van der Waals surface area contributed by atoms with E-state index in [-0.39, 0.29) is 28.8 Å². The van der Waals surface area contributed by atoms with Crippen molar-refractivity contribution in [3.05, 3.63) is 11.6 Å². The molecule has 35 heavy (non-hydrogen) atoms. The van der Waals surface area contributed by atoms with Gasteiger partial charge in [0.25, 0.3) is 0 Å². The van der Waals surface area contributed by atoms with Crippen LogP contribution in [0, 0.1) is 34.5 Å². The lowest BCUT2D eigenvalue weighted by molar-refractivity contribution is -0.149. The maximum Gasteiger partial charge on any atom is 0.356 e. The van der Waals surface area contributed by atoms with E-state index in [9.17, 15) is 9.59 Å². The monoisotopic (exact) mass is 486 g/mol. The van der Waals surface area contributed by atoms with E-state index in [1.165, 1.54) is 26.7 Å². The first kappa shape index (κ1) is 24.3. The van der Waals surface area contributed by atoms with Crippen molar-refractivity contribution < 1.29 is 28.7 Å². The molecule has 1 aliphatic heterocycles. The maximum absolute atomic E-state index is 12.7. The summed E-state index contributed by atoms with van der Waals surface area (Å²) in [7, 11) is 2.93. The van der Waals surface area contributed by atoms with Crippen LogP contribution in [0.2, 0.25) is 0 Å². The van der Waals surface area contributed by atoms with E-state index >= 15 is 0 Å². The Morgan fingerprint density at radius 2 is 1.91 bits per heavy atom. The van der Waals surface area contributed by atoms with Crippen molar-refractivity contribution in [2.75, 3.05) is 14.2 Å². The molecule has 0 N–H and O–H groups in total. The van der Waals surface area contributed by atoms with E-state index in [0.717, 1.165) is 50.7 Å². The molecule has 5 aliphatic rings. The van der Waals surface area contributed by atoms with Gasteiger partial charge in [0.05, 0.1) is 13.0 Å². The average molecular weight is 487 g/mol. The van der Waals surface area contributed by atoms with E-state index in [4.69, 9.17) is 19.1 Å². The second kappa shape index (κ2) is 8.34. The largest absolute Gasteiger partial charge is 0.464 e. The van der Waals surface area contributed by atoms with Crippen molar-refractivity contribution in [2.45, 2.75) is 84.3 Å². The molecule has 4 aliphatic carbocycles. The van der Waals surface area contributed by atoms with Crippen LogP contribution >= 0.6 is 0 Å². The molecule has 5 rings (SSSR count). The topological polar surface area (TPSA) is 95.8 Å². The molecule has 0 aromatic carbocycles. The molecule has 0 aromatic rings. The summed E-state index contributed by atoms with van der Waals surface area (Å²) in [6.07, 6.45) is 9.06. The lowest BCUT2D eigenvalue weighted by atomic mass is 9.46. The molecule has 192 valence electrons. The highest BCUT2D eigenvalue weighted by molar-refractivity contribution is 6.38. The van der Waals surface area contributed by atoms with Crippen LogP contribution in [0.5, 0.6) is 0 Å². The molecule has 0 bridgehead atoms. The van der Waals surface area contributed by atoms with Gasteiger partial charge in [-0.05, 0) is 68.6 Å². The number of nitrogens with zero attached hydrogens (tertiary/aromatic N) is 2. The van der Waals surface area contributed by atoms with Crippen LogP contribution in [0.15, 0.2) is 22.0 Å². The fourth-order valence-electron chi connectivity index (χ4n) is 8.87. The molecule has 0 amide bonds. The normalized spacial score (nSPS) is 43.9. The Morgan fingerprint density at radius 3 is 2.60 bits per heavy atom. The van der Waals surface area contributed by atoms with E-state index in [0.29, 0.717) is 23.5 Å². The molecular weight excluding hydrogens is 448 g/mol. The summed E-state index contributed by atoms with van der Waals surface area (Å²) in [4.78, 5) is 35.7. The average Bonchev–Trinajstić information content (AvgIpc) is 3.32. The molecule has 1 heterocycles. The first-order valence-corrected chi connectivity index (χ1v) is 12.9. The van der Waals surface area contributed by atoms with Crippen LogP contribution < -0.4 is 0 Å². The first-order valence-electron chi connectivity index (χ1n) is 12.9. The smallest absolute Gasteiger partial charge is 0.356 e. The number of esters is 2. The van der Waals surface area contributed by atoms with Crippen LogP contribution in [0.1, 0.15) is 72.6 Å². The third-order valence-electron chi connectivity index (χ3n) is 10.4. The van der Waals surface area contributed by atoms with E-state index in [1.54, 1.807) is 0 Å². The second-order valence-electron chi connectivity index (χ2n) is 11.6. The lowest BCUT2D eigenvalue weighted by Crippen LogP contribution is -2.59. The third kappa shape index (κ3) is 3.23. The maximum atomic E-state index is 12.7. The molecule has 8 atom stereocenters. The molecule has 3 fully saturated rings. The molecular formula is C27H38N2O6. The molecule has 0 unspecified atom stereocenters. The van der Waals surface area contributed by atoms with Crippen LogP contribution in [-0.2, 0) is 28.7 Å². The molecule has 0 saturated heterocycles. The number of rotatable bonds is 4. The molecule has 8 nitrogen and oxygen atoms in total. The van der Waals surface area contributed by atoms with Gasteiger partial charge in [0.15, 0.2) is 11.3 Å². The summed E-state index contributed by atoms with van der Waals surface area (Å²) in [5.41, 5.74) is 1.63. The summed E-state index contributed by atoms with van der Waals surface area (Å²) in [5, 5.41) is 8.59. The minimum Gasteiger partial charge on any atom is -0.464 e. The zero-order chi connectivity index (χ0) is 25.2. The highest BCUT2D eigenvalue weighted by Gasteiger charge is 2.74. The summed E-state index contributed by atoms with van der Waals surface area (Å²) in [6, 6.07) is 0. The lowest BCUT2D eigenvalue weighted by Gasteiger charge is -2.58. The quantitative estimate of drug-likeness (QED) is 0.253. The van der Waals surface area contributed by atoms with Crippen molar-refractivity contribution >= 4 is 23.4 Å².